The number of ether oxygens (including phenoxy) is 2. The molecule has 9 heteroatoms. The molecule has 0 N–H and O–H groups in total. The minimum absolute atomic E-state index is 0.0328. The number of carbonyl (C=O) groups is 2. The topological polar surface area (TPSA) is 59.1 Å². The molecule has 222 valence electrons. The van der Waals surface area contributed by atoms with Crippen molar-refractivity contribution < 1.29 is 32.2 Å². The Morgan fingerprint density at radius 2 is 1.93 bits per heavy atom. The molecule has 2 heterocycles. The number of benzene rings is 2. The second kappa shape index (κ2) is 9.59. The molecular formula is C33H35F3N2O4. The third kappa shape index (κ3) is 4.10. The number of likely N-dealkylation sites (tertiary alicyclic amines) is 1. The summed E-state index contributed by atoms with van der Waals surface area (Å²) in [5.74, 6) is 0.883. The molecule has 5 aliphatic rings. The van der Waals surface area contributed by atoms with E-state index >= 15 is 0 Å². The van der Waals surface area contributed by atoms with Crippen LogP contribution < -0.4 is 4.74 Å². The molecule has 7 rings (SSSR count). The quantitative estimate of drug-likeness (QED) is 0.339. The van der Waals surface area contributed by atoms with Crippen molar-refractivity contribution in [3.8, 4) is 5.75 Å². The largest absolute Gasteiger partial charge is 0.487 e. The van der Waals surface area contributed by atoms with Crippen molar-refractivity contribution in [1.29, 1.82) is 0 Å². The van der Waals surface area contributed by atoms with Gasteiger partial charge in [-0.05, 0) is 86.4 Å². The van der Waals surface area contributed by atoms with E-state index in [1.54, 1.807) is 18.0 Å². The van der Waals surface area contributed by atoms with Crippen molar-refractivity contribution in [3.05, 3.63) is 70.8 Å². The zero-order chi connectivity index (χ0) is 29.4. The third-order valence-corrected chi connectivity index (χ3v) is 10.4. The lowest BCUT2D eigenvalue weighted by Gasteiger charge is -2.65. The van der Waals surface area contributed by atoms with Gasteiger partial charge in [-0.3, -0.25) is 14.5 Å². The molecule has 1 spiro atoms. The van der Waals surface area contributed by atoms with Gasteiger partial charge in [0.1, 0.15) is 17.5 Å². The van der Waals surface area contributed by atoms with E-state index in [2.05, 4.69) is 11.0 Å². The summed E-state index contributed by atoms with van der Waals surface area (Å²) >= 11 is 0. The number of hydrogen-bond acceptors (Lipinski definition) is 5. The first-order valence-corrected chi connectivity index (χ1v) is 14.9. The number of rotatable bonds is 6. The number of nitrogens with zero attached hydrogens (tertiary/aromatic N) is 2. The number of esters is 1. The van der Waals surface area contributed by atoms with E-state index in [0.29, 0.717) is 24.3 Å². The summed E-state index contributed by atoms with van der Waals surface area (Å²) in [4.78, 5) is 30.5. The maximum absolute atomic E-state index is 13.5. The second-order valence-electron chi connectivity index (χ2n) is 12.7. The van der Waals surface area contributed by atoms with E-state index in [0.717, 1.165) is 49.4 Å². The first-order valence-electron chi connectivity index (χ1n) is 14.9. The zero-order valence-corrected chi connectivity index (χ0v) is 23.8. The minimum Gasteiger partial charge on any atom is -0.487 e. The molecule has 2 aromatic carbocycles. The molecule has 2 aliphatic heterocycles. The third-order valence-electron chi connectivity index (χ3n) is 10.4. The van der Waals surface area contributed by atoms with Crippen LogP contribution in [0.25, 0.3) is 6.08 Å². The standard InChI is InChI=1S/C33H35F3N2O4/c1-20(39)42-32-14-13-25(37(2)28(40)12-11-21-5-3-7-24(17-21)33(34,35)36)30-31(32)15-16-38(19-22-9-10-22)27(32)18-23-6-4-8-26(41-30)29(23)31/h3-8,11-12,17,22,25,27,30H,9-10,13-16,18-19H2,1-2H3/t25-,27-,30+,31+,32-/m1/s1. The summed E-state index contributed by atoms with van der Waals surface area (Å²) in [5, 5.41) is 0. The summed E-state index contributed by atoms with van der Waals surface area (Å²) in [5.41, 5.74) is 0.549. The van der Waals surface area contributed by atoms with Gasteiger partial charge in [0.25, 0.3) is 0 Å². The smallest absolute Gasteiger partial charge is 0.416 e. The van der Waals surface area contributed by atoms with Crippen LogP contribution in [0.3, 0.4) is 0 Å². The van der Waals surface area contributed by atoms with E-state index in [1.165, 1.54) is 43.5 Å². The van der Waals surface area contributed by atoms with E-state index in [9.17, 15) is 22.8 Å². The van der Waals surface area contributed by atoms with Crippen molar-refractivity contribution in [1.82, 2.24) is 9.80 Å². The number of carbonyl (C=O) groups excluding carboxylic acids is 2. The highest BCUT2D eigenvalue weighted by Gasteiger charge is 2.75. The van der Waals surface area contributed by atoms with Crippen LogP contribution in [0.2, 0.25) is 0 Å². The van der Waals surface area contributed by atoms with Gasteiger partial charge in [-0.2, -0.15) is 13.2 Å². The summed E-state index contributed by atoms with van der Waals surface area (Å²) in [7, 11) is 1.73. The van der Waals surface area contributed by atoms with Crippen LogP contribution in [0.5, 0.6) is 5.75 Å². The molecule has 0 aromatic heterocycles. The Hall–Kier alpha value is -3.33. The average molecular weight is 581 g/mol. The molecule has 6 nitrogen and oxygen atoms in total. The maximum atomic E-state index is 13.5. The Morgan fingerprint density at radius 1 is 1.14 bits per heavy atom. The normalized spacial score (nSPS) is 31.4. The van der Waals surface area contributed by atoms with Crippen LogP contribution in [-0.4, -0.2) is 65.6 Å². The van der Waals surface area contributed by atoms with Crippen molar-refractivity contribution in [2.45, 2.75) is 80.8 Å². The lowest BCUT2D eigenvalue weighted by molar-refractivity contribution is -0.223. The Balaban J connectivity index is 1.23. The van der Waals surface area contributed by atoms with E-state index in [1.807, 2.05) is 12.1 Å². The van der Waals surface area contributed by atoms with Crippen LogP contribution >= 0.6 is 0 Å². The van der Waals surface area contributed by atoms with Crippen molar-refractivity contribution >= 4 is 18.0 Å². The number of likely N-dealkylation sites (N-methyl/N-ethyl adjacent to an activating group) is 1. The van der Waals surface area contributed by atoms with Crippen LogP contribution in [0.1, 0.15) is 61.3 Å². The van der Waals surface area contributed by atoms with Crippen LogP contribution in [-0.2, 0) is 32.3 Å². The summed E-state index contributed by atoms with van der Waals surface area (Å²) in [6.07, 6.45) is 3.10. The predicted molar refractivity (Wildman–Crippen MR) is 150 cm³/mol. The fourth-order valence-corrected chi connectivity index (χ4v) is 8.52. The van der Waals surface area contributed by atoms with Crippen molar-refractivity contribution in [3.63, 3.8) is 0 Å². The highest BCUT2D eigenvalue weighted by atomic mass is 19.4. The van der Waals surface area contributed by atoms with Crippen molar-refractivity contribution in [2.75, 3.05) is 20.1 Å². The molecule has 2 saturated carbocycles. The highest BCUT2D eigenvalue weighted by molar-refractivity contribution is 5.92. The first kappa shape index (κ1) is 27.5. The molecule has 42 heavy (non-hydrogen) atoms. The number of piperidine rings is 1. The Bertz CT molecular complexity index is 1470. The molecule has 2 bridgehead atoms. The lowest BCUT2D eigenvalue weighted by Crippen LogP contribution is -2.79. The van der Waals surface area contributed by atoms with Crippen LogP contribution in [0.4, 0.5) is 13.2 Å². The van der Waals surface area contributed by atoms with Gasteiger partial charge in [0, 0.05) is 32.2 Å². The number of hydrogen-bond donors (Lipinski definition) is 0. The van der Waals surface area contributed by atoms with Crippen LogP contribution in [0.15, 0.2) is 48.5 Å². The number of alkyl halides is 3. The van der Waals surface area contributed by atoms with Gasteiger partial charge in [-0.15, -0.1) is 0 Å². The molecular weight excluding hydrogens is 545 g/mol. The fourth-order valence-electron chi connectivity index (χ4n) is 8.52. The first-order chi connectivity index (χ1) is 20.0. The highest BCUT2D eigenvalue weighted by Crippen LogP contribution is 2.66. The minimum atomic E-state index is -4.46. The predicted octanol–water partition coefficient (Wildman–Crippen LogP) is 5.38. The van der Waals surface area contributed by atoms with Crippen molar-refractivity contribution in [2.24, 2.45) is 5.92 Å². The Kier molecular flexibility index (Phi) is 6.28. The molecule has 0 unspecified atom stereocenters. The average Bonchev–Trinajstić information content (AvgIpc) is 3.70. The summed E-state index contributed by atoms with van der Waals surface area (Å²) in [6.45, 7) is 3.36. The van der Waals surface area contributed by atoms with Gasteiger partial charge in [-0.25, -0.2) is 0 Å². The summed E-state index contributed by atoms with van der Waals surface area (Å²) in [6, 6.07) is 10.8. The van der Waals surface area contributed by atoms with E-state index < -0.39 is 28.9 Å². The Morgan fingerprint density at radius 3 is 2.67 bits per heavy atom. The van der Waals surface area contributed by atoms with Gasteiger partial charge in [0.15, 0.2) is 0 Å². The molecule has 5 atom stereocenters. The lowest BCUT2D eigenvalue weighted by atomic mass is 9.48. The molecule has 2 aromatic rings. The van der Waals surface area contributed by atoms with Gasteiger partial charge < -0.3 is 14.4 Å². The van der Waals surface area contributed by atoms with E-state index in [4.69, 9.17) is 9.47 Å². The molecule has 3 fully saturated rings. The molecule has 3 aliphatic carbocycles. The molecule has 0 radical (unpaired) electrons. The summed E-state index contributed by atoms with van der Waals surface area (Å²) < 4.78 is 52.8. The monoisotopic (exact) mass is 580 g/mol. The van der Waals surface area contributed by atoms with E-state index in [-0.39, 0.29) is 24.0 Å². The second-order valence-corrected chi connectivity index (χ2v) is 12.7. The van der Waals surface area contributed by atoms with Gasteiger partial charge in [0.2, 0.25) is 5.91 Å². The number of amides is 1. The SMILES string of the molecule is CC(=O)O[C@@]12CC[C@@H](N(C)C(=O)C=Cc3cccc(C(F)(F)F)c3)[C@@H]3Oc4cccc5c4[C@@]31CCN(CC1CC1)[C@@H]2C5. The fraction of sp³-hybridized carbons (Fsp3) is 0.515. The number of halogens is 3. The molecule has 1 saturated heterocycles. The van der Waals surface area contributed by atoms with Gasteiger partial charge in [-0.1, -0.05) is 24.3 Å². The van der Waals surface area contributed by atoms with Gasteiger partial charge in [0.05, 0.1) is 23.1 Å². The Labute approximate surface area is 243 Å². The zero-order valence-electron chi connectivity index (χ0n) is 23.8. The maximum Gasteiger partial charge on any atom is 0.416 e. The molecule has 1 amide bonds. The van der Waals surface area contributed by atoms with Crippen LogP contribution in [0, 0.1) is 5.92 Å². The van der Waals surface area contributed by atoms with Gasteiger partial charge >= 0.3 is 12.1 Å².